The molecule has 106 valence electrons. The molecule has 0 saturated carbocycles. The fraction of sp³-hybridized carbons (Fsp3) is 0.643. The Morgan fingerprint density at radius 3 is 2.68 bits per heavy atom. The van der Waals surface area contributed by atoms with E-state index in [1.165, 1.54) is 0 Å². The summed E-state index contributed by atoms with van der Waals surface area (Å²) in [5.41, 5.74) is 1.12. The molecule has 0 bridgehead atoms. The molecule has 1 fully saturated rings. The molecule has 2 atom stereocenters. The van der Waals surface area contributed by atoms with Gasteiger partial charge in [0, 0.05) is 25.8 Å². The first-order valence-electron chi connectivity index (χ1n) is 6.85. The van der Waals surface area contributed by atoms with Crippen LogP contribution in [-0.2, 0) is 11.3 Å². The van der Waals surface area contributed by atoms with Gasteiger partial charge in [0.1, 0.15) is 5.82 Å². The fourth-order valence-electron chi connectivity index (χ4n) is 2.42. The van der Waals surface area contributed by atoms with E-state index in [1.54, 1.807) is 0 Å². The van der Waals surface area contributed by atoms with Crippen molar-refractivity contribution in [2.45, 2.75) is 39.5 Å². The Bertz CT molecular complexity index is 417. The van der Waals surface area contributed by atoms with Crippen LogP contribution >= 0.6 is 11.6 Å². The van der Waals surface area contributed by atoms with Gasteiger partial charge in [-0.25, -0.2) is 4.98 Å². The van der Waals surface area contributed by atoms with Crippen LogP contribution in [0.15, 0.2) is 12.3 Å². The summed E-state index contributed by atoms with van der Waals surface area (Å²) in [5.74, 6) is 0.865. The smallest absolute Gasteiger partial charge is 0.147 e. The minimum Gasteiger partial charge on any atom is -0.372 e. The summed E-state index contributed by atoms with van der Waals surface area (Å²) in [6.07, 6.45) is 2.32. The van der Waals surface area contributed by atoms with Gasteiger partial charge in [-0.3, -0.25) is 0 Å². The van der Waals surface area contributed by atoms with Crippen molar-refractivity contribution >= 4 is 17.4 Å². The lowest BCUT2D eigenvalue weighted by atomic mass is 10.2. The predicted octanol–water partition coefficient (Wildman–Crippen LogP) is 2.46. The van der Waals surface area contributed by atoms with E-state index < -0.39 is 0 Å². The highest BCUT2D eigenvalue weighted by Crippen LogP contribution is 2.26. The lowest BCUT2D eigenvalue weighted by Gasteiger charge is -2.36. The number of morpholine rings is 1. The van der Waals surface area contributed by atoms with Crippen LogP contribution in [0.5, 0.6) is 0 Å². The van der Waals surface area contributed by atoms with Crippen LogP contribution in [0, 0.1) is 0 Å². The van der Waals surface area contributed by atoms with Gasteiger partial charge in [0.05, 0.1) is 17.2 Å². The van der Waals surface area contributed by atoms with Gasteiger partial charge in [0.2, 0.25) is 0 Å². The molecule has 1 saturated heterocycles. The minimum absolute atomic E-state index is 0.211. The first-order valence-corrected chi connectivity index (χ1v) is 7.23. The molecule has 4 nitrogen and oxygen atoms in total. The van der Waals surface area contributed by atoms with E-state index >= 15 is 0 Å². The molecule has 1 aromatic rings. The number of hydrogen-bond acceptors (Lipinski definition) is 4. The van der Waals surface area contributed by atoms with Gasteiger partial charge in [0.15, 0.2) is 0 Å². The largest absolute Gasteiger partial charge is 0.372 e. The predicted molar refractivity (Wildman–Crippen MR) is 78.8 cm³/mol. The maximum Gasteiger partial charge on any atom is 0.147 e. The molecule has 0 spiro atoms. The summed E-state index contributed by atoms with van der Waals surface area (Å²) in [4.78, 5) is 6.73. The summed E-state index contributed by atoms with van der Waals surface area (Å²) >= 11 is 6.36. The third-order valence-electron chi connectivity index (χ3n) is 3.18. The van der Waals surface area contributed by atoms with E-state index in [-0.39, 0.29) is 12.2 Å². The average Bonchev–Trinajstić information content (AvgIpc) is 2.35. The van der Waals surface area contributed by atoms with Crippen LogP contribution in [0.25, 0.3) is 0 Å². The van der Waals surface area contributed by atoms with Crippen LogP contribution in [0.1, 0.15) is 26.3 Å². The minimum atomic E-state index is 0.211. The lowest BCUT2D eigenvalue weighted by Crippen LogP contribution is -2.46. The number of ether oxygens (including phenoxy) is 1. The highest BCUT2D eigenvalue weighted by atomic mass is 35.5. The molecule has 2 rings (SSSR count). The second kappa shape index (κ2) is 6.55. The molecule has 0 unspecified atom stereocenters. The number of halogens is 1. The van der Waals surface area contributed by atoms with Crippen LogP contribution in [0.2, 0.25) is 5.02 Å². The summed E-state index contributed by atoms with van der Waals surface area (Å²) in [5, 5.41) is 3.99. The van der Waals surface area contributed by atoms with Gasteiger partial charge < -0.3 is 15.0 Å². The normalized spacial score (nSPS) is 23.7. The van der Waals surface area contributed by atoms with Crippen molar-refractivity contribution in [3.8, 4) is 0 Å². The van der Waals surface area contributed by atoms with E-state index in [1.807, 2.05) is 12.3 Å². The second-order valence-electron chi connectivity index (χ2n) is 5.09. The van der Waals surface area contributed by atoms with E-state index in [4.69, 9.17) is 16.3 Å². The van der Waals surface area contributed by atoms with Crippen LogP contribution < -0.4 is 10.2 Å². The number of hydrogen-bond donors (Lipinski definition) is 1. The van der Waals surface area contributed by atoms with Gasteiger partial charge in [-0.05, 0) is 32.0 Å². The van der Waals surface area contributed by atoms with Gasteiger partial charge in [-0.1, -0.05) is 18.5 Å². The highest BCUT2D eigenvalue weighted by molar-refractivity contribution is 6.33. The molecule has 0 aliphatic carbocycles. The Morgan fingerprint density at radius 1 is 1.42 bits per heavy atom. The zero-order chi connectivity index (χ0) is 13.8. The molecule has 2 heterocycles. The Balaban J connectivity index is 2.11. The van der Waals surface area contributed by atoms with E-state index in [0.717, 1.165) is 42.6 Å². The van der Waals surface area contributed by atoms with Crippen LogP contribution in [0.4, 0.5) is 5.82 Å². The molecular formula is C14H22ClN3O. The summed E-state index contributed by atoms with van der Waals surface area (Å²) in [7, 11) is 0. The van der Waals surface area contributed by atoms with Crippen molar-refractivity contribution in [1.29, 1.82) is 0 Å². The third-order valence-corrected chi connectivity index (χ3v) is 3.45. The summed E-state index contributed by atoms with van der Waals surface area (Å²) in [6.45, 7) is 9.66. The number of pyridine rings is 1. The molecule has 5 heteroatoms. The van der Waals surface area contributed by atoms with Crippen molar-refractivity contribution in [1.82, 2.24) is 10.3 Å². The van der Waals surface area contributed by atoms with Gasteiger partial charge >= 0.3 is 0 Å². The van der Waals surface area contributed by atoms with Crippen molar-refractivity contribution < 1.29 is 4.74 Å². The summed E-state index contributed by atoms with van der Waals surface area (Å²) in [6, 6.07) is 2.00. The standard InChI is InChI=1S/C14H22ClN3O/c1-4-16-6-12-5-13(15)14(17-7-12)18-8-10(2)19-11(3)9-18/h5,7,10-11,16H,4,6,8-9H2,1-3H3/t10-,11+. The zero-order valence-corrected chi connectivity index (χ0v) is 12.6. The third kappa shape index (κ3) is 3.81. The molecule has 1 aliphatic rings. The molecule has 1 N–H and O–H groups in total. The van der Waals surface area contributed by atoms with Crippen molar-refractivity contribution in [2.75, 3.05) is 24.5 Å². The number of rotatable bonds is 4. The number of nitrogens with zero attached hydrogens (tertiary/aromatic N) is 2. The number of nitrogens with one attached hydrogen (secondary N) is 1. The highest BCUT2D eigenvalue weighted by Gasteiger charge is 2.24. The first-order chi connectivity index (χ1) is 9.10. The first kappa shape index (κ1) is 14.6. The second-order valence-corrected chi connectivity index (χ2v) is 5.50. The van der Waals surface area contributed by atoms with Crippen molar-refractivity contribution in [2.24, 2.45) is 0 Å². The molecule has 1 aromatic heterocycles. The maximum absolute atomic E-state index is 6.36. The van der Waals surface area contributed by atoms with E-state index in [9.17, 15) is 0 Å². The zero-order valence-electron chi connectivity index (χ0n) is 11.8. The molecule has 0 aromatic carbocycles. The average molecular weight is 284 g/mol. The van der Waals surface area contributed by atoms with Crippen LogP contribution in [0.3, 0.4) is 0 Å². The van der Waals surface area contributed by atoms with E-state index in [2.05, 4.69) is 36.0 Å². The number of anilines is 1. The topological polar surface area (TPSA) is 37.4 Å². The van der Waals surface area contributed by atoms with E-state index in [0.29, 0.717) is 0 Å². The van der Waals surface area contributed by atoms with Crippen molar-refractivity contribution in [3.05, 3.63) is 22.8 Å². The Morgan fingerprint density at radius 2 is 2.11 bits per heavy atom. The maximum atomic E-state index is 6.36. The lowest BCUT2D eigenvalue weighted by molar-refractivity contribution is -0.00545. The van der Waals surface area contributed by atoms with Gasteiger partial charge in [-0.2, -0.15) is 0 Å². The number of aromatic nitrogens is 1. The van der Waals surface area contributed by atoms with Gasteiger partial charge in [-0.15, -0.1) is 0 Å². The SMILES string of the molecule is CCNCc1cnc(N2C[C@@H](C)O[C@@H](C)C2)c(Cl)c1. The molecule has 1 aliphatic heterocycles. The molecule has 0 radical (unpaired) electrons. The van der Waals surface area contributed by atoms with Crippen molar-refractivity contribution in [3.63, 3.8) is 0 Å². The Hall–Kier alpha value is -0.840. The van der Waals surface area contributed by atoms with Crippen LogP contribution in [-0.4, -0.2) is 36.8 Å². The van der Waals surface area contributed by atoms with Gasteiger partial charge in [0.25, 0.3) is 0 Å². The monoisotopic (exact) mass is 283 g/mol. The Labute approximate surface area is 120 Å². The molecule has 19 heavy (non-hydrogen) atoms. The molecule has 0 amide bonds. The Kier molecular flexibility index (Phi) is 5.02. The quantitative estimate of drug-likeness (QED) is 0.921. The summed E-state index contributed by atoms with van der Waals surface area (Å²) < 4.78 is 5.73. The molecular weight excluding hydrogens is 262 g/mol. The fourth-order valence-corrected chi connectivity index (χ4v) is 2.73.